The minimum Gasteiger partial charge on any atom is -0.387 e. The Bertz CT molecular complexity index is 775. The molecule has 0 radical (unpaired) electrons. The third kappa shape index (κ3) is 3.90. The summed E-state index contributed by atoms with van der Waals surface area (Å²) in [6, 6.07) is 7.36. The number of hydrogen-bond donors (Lipinski definition) is 2. The summed E-state index contributed by atoms with van der Waals surface area (Å²) >= 11 is 5.90. The van der Waals surface area contributed by atoms with Gasteiger partial charge in [0.1, 0.15) is 0 Å². The molecule has 2 aromatic rings. The molecular formula is C18H21ClN4O3. The molecule has 138 valence electrons. The Morgan fingerprint density at radius 3 is 2.85 bits per heavy atom. The van der Waals surface area contributed by atoms with Gasteiger partial charge in [-0.2, -0.15) is 4.98 Å². The maximum atomic E-state index is 12.0. The summed E-state index contributed by atoms with van der Waals surface area (Å²) in [5.41, 5.74) is 0.815. The van der Waals surface area contributed by atoms with Crippen LogP contribution in [0.1, 0.15) is 59.9 Å². The number of likely N-dealkylation sites (tertiary alicyclic amines) is 1. The van der Waals surface area contributed by atoms with Crippen molar-refractivity contribution in [2.24, 2.45) is 0 Å². The van der Waals surface area contributed by atoms with Crippen molar-refractivity contribution in [3.63, 3.8) is 0 Å². The maximum Gasteiger partial charge on any atom is 0.292 e. The second-order valence-electron chi connectivity index (χ2n) is 6.92. The molecule has 1 aromatic heterocycles. The summed E-state index contributed by atoms with van der Waals surface area (Å²) in [5.74, 6) is 0.233. The van der Waals surface area contributed by atoms with Gasteiger partial charge in [-0.25, -0.2) is 0 Å². The van der Waals surface area contributed by atoms with Crippen LogP contribution < -0.4 is 5.32 Å². The van der Waals surface area contributed by atoms with Crippen LogP contribution in [0.4, 0.5) is 0 Å². The largest absolute Gasteiger partial charge is 0.387 e. The summed E-state index contributed by atoms with van der Waals surface area (Å²) in [4.78, 5) is 18.4. The molecule has 1 saturated heterocycles. The van der Waals surface area contributed by atoms with E-state index in [1.54, 1.807) is 12.1 Å². The van der Waals surface area contributed by atoms with Crippen molar-refractivity contribution in [1.29, 1.82) is 0 Å². The second-order valence-corrected chi connectivity index (χ2v) is 7.36. The fourth-order valence-electron chi connectivity index (χ4n) is 3.28. The van der Waals surface area contributed by atoms with Gasteiger partial charge in [0.05, 0.1) is 12.1 Å². The summed E-state index contributed by atoms with van der Waals surface area (Å²) in [5, 5.41) is 17.8. The molecule has 1 aliphatic heterocycles. The molecule has 0 bridgehead atoms. The first-order valence-electron chi connectivity index (χ1n) is 8.92. The molecule has 2 heterocycles. The molecule has 0 unspecified atom stereocenters. The van der Waals surface area contributed by atoms with Gasteiger partial charge < -0.3 is 14.9 Å². The average Bonchev–Trinajstić information content (AvgIpc) is 3.11. The number of rotatable bonds is 6. The van der Waals surface area contributed by atoms with E-state index < -0.39 is 6.10 Å². The van der Waals surface area contributed by atoms with E-state index in [0.717, 1.165) is 37.8 Å². The molecule has 2 fully saturated rings. The Kier molecular flexibility index (Phi) is 4.93. The van der Waals surface area contributed by atoms with Crippen LogP contribution in [0.3, 0.4) is 0 Å². The molecule has 26 heavy (non-hydrogen) atoms. The van der Waals surface area contributed by atoms with Crippen molar-refractivity contribution < 1.29 is 14.4 Å². The molecule has 2 N–H and O–H groups in total. The zero-order valence-corrected chi connectivity index (χ0v) is 15.0. The van der Waals surface area contributed by atoms with Gasteiger partial charge in [-0.1, -0.05) is 28.9 Å². The molecule has 4 rings (SSSR count). The van der Waals surface area contributed by atoms with E-state index in [1.165, 1.54) is 0 Å². The van der Waals surface area contributed by atoms with Crippen LogP contribution in [0.5, 0.6) is 0 Å². The number of aromatic nitrogens is 2. The molecule has 2 atom stereocenters. The zero-order chi connectivity index (χ0) is 18.1. The Hall–Kier alpha value is -1.96. The highest BCUT2D eigenvalue weighted by molar-refractivity contribution is 6.30. The predicted octanol–water partition coefficient (Wildman–Crippen LogP) is 2.49. The topological polar surface area (TPSA) is 91.5 Å². The predicted molar refractivity (Wildman–Crippen MR) is 94.7 cm³/mol. The van der Waals surface area contributed by atoms with Crippen LogP contribution in [-0.4, -0.2) is 45.2 Å². The number of aliphatic hydroxyl groups is 1. The molecule has 1 aliphatic carbocycles. The quantitative estimate of drug-likeness (QED) is 0.804. The van der Waals surface area contributed by atoms with Gasteiger partial charge in [0, 0.05) is 17.6 Å². The first-order valence-corrected chi connectivity index (χ1v) is 9.30. The van der Waals surface area contributed by atoms with E-state index in [2.05, 4.69) is 20.4 Å². The van der Waals surface area contributed by atoms with Crippen molar-refractivity contribution in [1.82, 2.24) is 20.4 Å². The number of nitrogens with one attached hydrogen (secondary N) is 1. The number of carbonyl (C=O) groups is 1. The first kappa shape index (κ1) is 17.5. The monoisotopic (exact) mass is 376 g/mol. The summed E-state index contributed by atoms with van der Waals surface area (Å²) in [6.07, 6.45) is 3.22. The molecule has 0 spiro atoms. The van der Waals surface area contributed by atoms with Crippen molar-refractivity contribution in [2.45, 2.75) is 43.9 Å². The van der Waals surface area contributed by atoms with Crippen LogP contribution in [0.25, 0.3) is 0 Å². The number of amides is 1. The minimum atomic E-state index is -0.631. The number of halogens is 1. The van der Waals surface area contributed by atoms with Gasteiger partial charge in [0.25, 0.3) is 11.7 Å². The molecule has 1 aromatic carbocycles. The number of nitrogens with zero attached hydrogens (tertiary/aromatic N) is 3. The van der Waals surface area contributed by atoms with E-state index in [1.807, 2.05) is 12.1 Å². The third-order valence-electron chi connectivity index (χ3n) is 4.87. The smallest absolute Gasteiger partial charge is 0.292 e. The van der Waals surface area contributed by atoms with Crippen LogP contribution >= 0.6 is 11.6 Å². The number of benzene rings is 1. The van der Waals surface area contributed by atoms with Gasteiger partial charge in [0.2, 0.25) is 5.89 Å². The van der Waals surface area contributed by atoms with Gasteiger partial charge in [-0.15, -0.1) is 0 Å². The minimum absolute atomic E-state index is 0.0769. The number of aliphatic hydroxyl groups excluding tert-OH is 1. The van der Waals surface area contributed by atoms with Crippen LogP contribution in [0.2, 0.25) is 5.02 Å². The molecule has 1 amide bonds. The third-order valence-corrected chi connectivity index (χ3v) is 5.12. The highest BCUT2D eigenvalue weighted by Gasteiger charge is 2.33. The fourth-order valence-corrected chi connectivity index (χ4v) is 3.40. The van der Waals surface area contributed by atoms with Crippen molar-refractivity contribution in [2.75, 3.05) is 13.1 Å². The lowest BCUT2D eigenvalue weighted by Gasteiger charge is -2.24. The Morgan fingerprint density at radius 1 is 1.35 bits per heavy atom. The lowest BCUT2D eigenvalue weighted by molar-refractivity contribution is 0.0937. The number of carbonyl (C=O) groups excluding carboxylic acids is 1. The lowest BCUT2D eigenvalue weighted by atomic mass is 10.1. The van der Waals surface area contributed by atoms with Crippen LogP contribution in [0.15, 0.2) is 28.8 Å². The average molecular weight is 377 g/mol. The Morgan fingerprint density at radius 2 is 2.12 bits per heavy atom. The molecule has 2 aliphatic rings. The van der Waals surface area contributed by atoms with E-state index in [4.69, 9.17) is 16.1 Å². The molecular weight excluding hydrogens is 356 g/mol. The van der Waals surface area contributed by atoms with Crippen molar-refractivity contribution in [3.05, 3.63) is 46.6 Å². The second kappa shape index (κ2) is 7.34. The summed E-state index contributed by atoms with van der Waals surface area (Å²) < 4.78 is 5.34. The van der Waals surface area contributed by atoms with Crippen molar-refractivity contribution >= 4 is 17.5 Å². The number of hydrogen-bond acceptors (Lipinski definition) is 6. The first-order chi connectivity index (χ1) is 12.6. The molecule has 1 saturated carbocycles. The van der Waals surface area contributed by atoms with Crippen LogP contribution in [0, 0.1) is 0 Å². The highest BCUT2D eigenvalue weighted by Crippen LogP contribution is 2.32. The lowest BCUT2D eigenvalue weighted by Crippen LogP contribution is -2.29. The number of β-amino-alcohol motifs (C(OH)–C–C–N with tert-alkyl or cyclic N) is 1. The van der Waals surface area contributed by atoms with Gasteiger partial charge in [-0.3, -0.25) is 9.69 Å². The maximum absolute atomic E-state index is 12.0. The highest BCUT2D eigenvalue weighted by atomic mass is 35.5. The SMILES string of the molecule is O=C(NC1CC1)c1noc([C@H]2CCCN2C[C@@H](O)c2ccc(Cl)cc2)n1. The summed E-state index contributed by atoms with van der Waals surface area (Å²) in [7, 11) is 0. The zero-order valence-electron chi connectivity index (χ0n) is 14.3. The van der Waals surface area contributed by atoms with E-state index >= 15 is 0 Å². The standard InChI is InChI=1S/C18H21ClN4O3/c19-12-5-3-11(4-6-12)15(24)10-23-9-1-2-14(23)18-21-16(22-26-18)17(25)20-13-7-8-13/h3-6,13-15,24H,1-2,7-10H2,(H,20,25)/t14-,15-/m1/s1. The van der Waals surface area contributed by atoms with Gasteiger partial charge in [0.15, 0.2) is 0 Å². The van der Waals surface area contributed by atoms with Crippen molar-refractivity contribution in [3.8, 4) is 0 Å². The Labute approximate surface area is 156 Å². The van der Waals surface area contributed by atoms with Gasteiger partial charge in [-0.05, 0) is 49.9 Å². The molecule has 8 heteroatoms. The summed E-state index contributed by atoms with van der Waals surface area (Å²) in [6.45, 7) is 1.29. The molecule has 7 nitrogen and oxygen atoms in total. The van der Waals surface area contributed by atoms with E-state index in [-0.39, 0.29) is 23.8 Å². The van der Waals surface area contributed by atoms with Crippen LogP contribution in [-0.2, 0) is 0 Å². The fraction of sp³-hybridized carbons (Fsp3) is 0.500. The van der Waals surface area contributed by atoms with E-state index in [9.17, 15) is 9.90 Å². The normalized spacial score (nSPS) is 21.7. The van der Waals surface area contributed by atoms with Gasteiger partial charge >= 0.3 is 0 Å². The van der Waals surface area contributed by atoms with E-state index in [0.29, 0.717) is 17.5 Å². The Balaban J connectivity index is 1.42.